The van der Waals surface area contributed by atoms with Crippen molar-refractivity contribution in [1.29, 1.82) is 0 Å². The third-order valence-electron chi connectivity index (χ3n) is 3.20. The van der Waals surface area contributed by atoms with Crippen LogP contribution in [0.1, 0.15) is 28.9 Å². The lowest BCUT2D eigenvalue weighted by atomic mass is 10.2. The van der Waals surface area contributed by atoms with Gasteiger partial charge in [-0.3, -0.25) is 4.90 Å². The van der Waals surface area contributed by atoms with Gasteiger partial charge in [0.1, 0.15) is 0 Å². The number of hydrogen-bond donors (Lipinski definition) is 1. The summed E-state index contributed by atoms with van der Waals surface area (Å²) >= 11 is 6.24. The number of morpholine rings is 1. The van der Waals surface area contributed by atoms with Crippen LogP contribution in [0.5, 0.6) is 0 Å². The highest BCUT2D eigenvalue weighted by Gasteiger charge is 2.13. The van der Waals surface area contributed by atoms with Gasteiger partial charge in [-0.25, -0.2) is 4.98 Å². The van der Waals surface area contributed by atoms with Crippen LogP contribution in [-0.4, -0.2) is 42.7 Å². The first-order valence-corrected chi connectivity index (χ1v) is 8.16. The van der Waals surface area contributed by atoms with E-state index in [0.29, 0.717) is 0 Å². The van der Waals surface area contributed by atoms with Crippen LogP contribution in [0.25, 0.3) is 0 Å². The fraction of sp³-hybridized carbons (Fsp3) is 0.769. The molecular formula is C13H22N2OS2. The van der Waals surface area contributed by atoms with Gasteiger partial charge in [-0.2, -0.15) is 12.6 Å². The maximum Gasteiger partial charge on any atom is 0.0944 e. The molecule has 1 aromatic heterocycles. The van der Waals surface area contributed by atoms with E-state index < -0.39 is 0 Å². The third-order valence-corrected chi connectivity index (χ3v) is 4.89. The van der Waals surface area contributed by atoms with E-state index in [-0.39, 0.29) is 0 Å². The summed E-state index contributed by atoms with van der Waals surface area (Å²) in [6.45, 7) is 7.18. The van der Waals surface area contributed by atoms with E-state index in [1.807, 2.05) is 11.3 Å². The molecule has 2 rings (SSSR count). The highest BCUT2D eigenvalue weighted by molar-refractivity contribution is 7.79. The van der Waals surface area contributed by atoms with Crippen molar-refractivity contribution in [3.05, 3.63) is 15.6 Å². The van der Waals surface area contributed by atoms with Crippen LogP contribution in [0.3, 0.4) is 0 Å². The Bertz CT molecular complexity index is 362. The second kappa shape index (κ2) is 7.48. The summed E-state index contributed by atoms with van der Waals surface area (Å²) in [6.07, 6.45) is 3.31. The van der Waals surface area contributed by atoms with Crippen LogP contribution in [0.4, 0.5) is 0 Å². The molecule has 1 aromatic rings. The molecule has 2 heterocycles. The van der Waals surface area contributed by atoms with Gasteiger partial charge in [0.05, 0.1) is 23.9 Å². The Morgan fingerprint density at radius 3 is 2.78 bits per heavy atom. The zero-order valence-corrected chi connectivity index (χ0v) is 12.7. The van der Waals surface area contributed by atoms with Crippen LogP contribution in [0.2, 0.25) is 0 Å². The average Bonchev–Trinajstić information content (AvgIpc) is 2.80. The van der Waals surface area contributed by atoms with E-state index in [1.165, 1.54) is 15.6 Å². The van der Waals surface area contributed by atoms with E-state index in [1.54, 1.807) is 0 Å². The highest BCUT2D eigenvalue weighted by Crippen LogP contribution is 2.22. The van der Waals surface area contributed by atoms with Crippen molar-refractivity contribution in [3.8, 4) is 0 Å². The van der Waals surface area contributed by atoms with E-state index in [9.17, 15) is 0 Å². The topological polar surface area (TPSA) is 25.4 Å². The number of rotatable bonds is 6. The fourth-order valence-corrected chi connectivity index (χ4v) is 3.52. The van der Waals surface area contributed by atoms with Gasteiger partial charge in [0.15, 0.2) is 0 Å². The first-order valence-electron chi connectivity index (χ1n) is 6.72. The van der Waals surface area contributed by atoms with Gasteiger partial charge in [-0.05, 0) is 6.42 Å². The molecule has 0 amide bonds. The minimum absolute atomic E-state index is 0.824. The maximum absolute atomic E-state index is 5.36. The maximum atomic E-state index is 5.36. The second-order valence-electron chi connectivity index (χ2n) is 4.59. The summed E-state index contributed by atoms with van der Waals surface area (Å²) < 4.78 is 5.36. The number of aryl methyl sites for hydroxylation is 1. The molecule has 102 valence electrons. The van der Waals surface area contributed by atoms with Crippen LogP contribution >= 0.6 is 24.0 Å². The van der Waals surface area contributed by atoms with Crippen LogP contribution in [-0.2, 0) is 23.3 Å². The molecule has 3 nitrogen and oxygen atoms in total. The number of thiazole rings is 1. The summed E-state index contributed by atoms with van der Waals surface area (Å²) in [5.74, 6) is 0.824. The zero-order valence-electron chi connectivity index (χ0n) is 11.0. The van der Waals surface area contributed by atoms with Gasteiger partial charge in [-0.15, -0.1) is 11.3 Å². The van der Waals surface area contributed by atoms with E-state index in [0.717, 1.165) is 57.9 Å². The Labute approximate surface area is 119 Å². The van der Waals surface area contributed by atoms with E-state index >= 15 is 0 Å². The molecule has 5 heteroatoms. The smallest absolute Gasteiger partial charge is 0.0944 e. The lowest BCUT2D eigenvalue weighted by Crippen LogP contribution is -2.37. The van der Waals surface area contributed by atoms with Crippen molar-refractivity contribution in [1.82, 2.24) is 9.88 Å². The minimum Gasteiger partial charge on any atom is -0.379 e. The van der Waals surface area contributed by atoms with Crippen LogP contribution < -0.4 is 0 Å². The number of ether oxygens (including phenoxy) is 1. The molecule has 0 aliphatic carbocycles. The SMILES string of the molecule is CCCc1nc(CCN2CCOCC2)sc1CS. The average molecular weight is 286 g/mol. The fourth-order valence-electron chi connectivity index (χ4n) is 2.18. The molecule has 0 radical (unpaired) electrons. The summed E-state index contributed by atoms with van der Waals surface area (Å²) in [5, 5.41) is 1.27. The molecule has 1 aliphatic rings. The van der Waals surface area contributed by atoms with Crippen molar-refractivity contribution in [3.63, 3.8) is 0 Å². The highest BCUT2D eigenvalue weighted by atomic mass is 32.1. The molecule has 0 saturated carbocycles. The normalized spacial score (nSPS) is 17.2. The summed E-state index contributed by atoms with van der Waals surface area (Å²) in [7, 11) is 0. The van der Waals surface area contributed by atoms with Crippen molar-refractivity contribution in [2.75, 3.05) is 32.8 Å². The lowest BCUT2D eigenvalue weighted by molar-refractivity contribution is 0.0384. The van der Waals surface area contributed by atoms with Crippen LogP contribution in [0, 0.1) is 0 Å². The summed E-state index contributed by atoms with van der Waals surface area (Å²) in [6, 6.07) is 0. The first-order chi connectivity index (χ1) is 8.83. The lowest BCUT2D eigenvalue weighted by Gasteiger charge is -2.25. The molecule has 0 atom stereocenters. The molecule has 0 aromatic carbocycles. The van der Waals surface area contributed by atoms with Gasteiger partial charge >= 0.3 is 0 Å². The zero-order chi connectivity index (χ0) is 12.8. The molecule has 1 saturated heterocycles. The number of hydrogen-bond acceptors (Lipinski definition) is 5. The van der Waals surface area contributed by atoms with Crippen LogP contribution in [0.15, 0.2) is 0 Å². The van der Waals surface area contributed by atoms with E-state index in [4.69, 9.17) is 9.72 Å². The standard InChI is InChI=1S/C13H22N2OS2/c1-2-3-11-12(10-17)18-13(14-11)4-5-15-6-8-16-9-7-15/h17H,2-10H2,1H3. The summed E-state index contributed by atoms with van der Waals surface area (Å²) in [4.78, 5) is 8.59. The Balaban J connectivity index is 1.88. The largest absolute Gasteiger partial charge is 0.379 e. The monoisotopic (exact) mass is 286 g/mol. The quantitative estimate of drug-likeness (QED) is 0.813. The number of nitrogens with zero attached hydrogens (tertiary/aromatic N) is 2. The van der Waals surface area contributed by atoms with Gasteiger partial charge in [0, 0.05) is 36.7 Å². The van der Waals surface area contributed by atoms with Gasteiger partial charge in [-0.1, -0.05) is 13.3 Å². The van der Waals surface area contributed by atoms with Gasteiger partial charge in [0.2, 0.25) is 0 Å². The van der Waals surface area contributed by atoms with Gasteiger partial charge < -0.3 is 4.74 Å². The molecule has 0 N–H and O–H groups in total. The molecule has 0 spiro atoms. The first kappa shape index (κ1) is 14.3. The Morgan fingerprint density at radius 2 is 2.11 bits per heavy atom. The second-order valence-corrected chi connectivity index (χ2v) is 6.07. The minimum atomic E-state index is 0.824. The molecule has 1 fully saturated rings. The molecular weight excluding hydrogens is 264 g/mol. The molecule has 1 aliphatic heterocycles. The predicted octanol–water partition coefficient (Wildman–Crippen LogP) is 2.40. The van der Waals surface area contributed by atoms with Crippen molar-refractivity contribution < 1.29 is 4.74 Å². The Hall–Kier alpha value is -0.100. The van der Waals surface area contributed by atoms with E-state index in [2.05, 4.69) is 24.5 Å². The molecule has 18 heavy (non-hydrogen) atoms. The van der Waals surface area contributed by atoms with Gasteiger partial charge in [0.25, 0.3) is 0 Å². The van der Waals surface area contributed by atoms with Crippen molar-refractivity contribution in [2.45, 2.75) is 31.9 Å². The third kappa shape index (κ3) is 3.95. The molecule has 0 unspecified atom stereocenters. The van der Waals surface area contributed by atoms with Crippen molar-refractivity contribution >= 4 is 24.0 Å². The number of thiol groups is 1. The number of aromatic nitrogens is 1. The Kier molecular flexibility index (Phi) is 5.95. The van der Waals surface area contributed by atoms with Crippen molar-refractivity contribution in [2.24, 2.45) is 0 Å². The molecule has 0 bridgehead atoms. The summed E-state index contributed by atoms with van der Waals surface area (Å²) in [5.41, 5.74) is 1.27. The predicted molar refractivity (Wildman–Crippen MR) is 79.8 cm³/mol. The Morgan fingerprint density at radius 1 is 1.33 bits per heavy atom.